The molecule has 6 nitrogen and oxygen atoms in total. The minimum atomic E-state index is 0. The van der Waals surface area contributed by atoms with Crippen LogP contribution in [0.3, 0.4) is 0 Å². The molecule has 3 aromatic heterocycles. The molecule has 1 aliphatic rings. The molecule has 0 N–H and O–H groups in total. The molecule has 0 radical (unpaired) electrons. The Morgan fingerprint density at radius 3 is 0.960 bits per heavy atom. The van der Waals surface area contributed by atoms with E-state index in [9.17, 15) is 0 Å². The topological polar surface area (TPSA) is 97.4 Å². The van der Waals surface area contributed by atoms with Crippen molar-refractivity contribution in [1.29, 1.82) is 0 Å². The molecule has 0 aromatic carbocycles. The van der Waals surface area contributed by atoms with Crippen molar-refractivity contribution in [2.24, 2.45) is 0 Å². The first-order chi connectivity index (χ1) is 11.8. The van der Waals surface area contributed by atoms with Crippen molar-refractivity contribution in [3.63, 3.8) is 0 Å². The van der Waals surface area contributed by atoms with E-state index in [1.54, 1.807) is 35.3 Å². The largest absolute Gasteiger partial charge is 1.00 e. The van der Waals surface area contributed by atoms with Crippen LogP contribution in [0.2, 0.25) is 0 Å². The SMILES string of the molecule is [Cu+].[N-]=[N+]=[N-].c1cc2nc(c1)Sc1cccc(n1)Sc1cccc(n1)S2. The van der Waals surface area contributed by atoms with Crippen molar-refractivity contribution in [2.45, 2.75) is 30.2 Å². The second-order valence-corrected chi connectivity index (χ2v) is 7.46. The predicted molar refractivity (Wildman–Crippen MR) is 95.2 cm³/mol. The zero-order chi connectivity index (χ0) is 16.8. The summed E-state index contributed by atoms with van der Waals surface area (Å²) in [7, 11) is 0. The van der Waals surface area contributed by atoms with Crippen LogP contribution in [0.4, 0.5) is 0 Å². The molecule has 0 spiro atoms. The van der Waals surface area contributed by atoms with E-state index in [1.165, 1.54) is 4.91 Å². The third-order valence-electron chi connectivity index (χ3n) is 2.72. The molecular weight excluding hydrogens is 424 g/mol. The normalized spacial score (nSPS) is 11.4. The first-order valence-electron chi connectivity index (χ1n) is 6.70. The first kappa shape index (κ1) is 19.7. The van der Waals surface area contributed by atoms with Gasteiger partial charge in [-0.1, -0.05) is 53.5 Å². The fourth-order valence-corrected chi connectivity index (χ4v) is 4.41. The van der Waals surface area contributed by atoms with Gasteiger partial charge in [-0.25, -0.2) is 15.0 Å². The van der Waals surface area contributed by atoms with Gasteiger partial charge in [-0.2, -0.15) is 0 Å². The number of pyridine rings is 3. The minimum Gasteiger partial charge on any atom is -0.373 e. The molecule has 0 saturated carbocycles. The van der Waals surface area contributed by atoms with E-state index in [0.29, 0.717) is 0 Å². The average molecular weight is 433 g/mol. The van der Waals surface area contributed by atoms with Crippen LogP contribution in [-0.2, 0) is 17.1 Å². The first-order valence-corrected chi connectivity index (χ1v) is 9.15. The van der Waals surface area contributed by atoms with Crippen molar-refractivity contribution in [3.05, 3.63) is 70.6 Å². The van der Waals surface area contributed by atoms with Crippen molar-refractivity contribution >= 4 is 35.3 Å². The van der Waals surface area contributed by atoms with Gasteiger partial charge in [0.2, 0.25) is 0 Å². The molecule has 4 rings (SSSR count). The average Bonchev–Trinajstić information content (AvgIpc) is 2.56. The summed E-state index contributed by atoms with van der Waals surface area (Å²) in [5.74, 6) is 0. The summed E-state index contributed by atoms with van der Waals surface area (Å²) in [5, 5.41) is 5.70. The Balaban J connectivity index is 0.000000528. The van der Waals surface area contributed by atoms with Crippen LogP contribution < -0.4 is 0 Å². The molecule has 0 amide bonds. The van der Waals surface area contributed by atoms with Crippen LogP contribution >= 0.6 is 35.3 Å². The number of aromatic nitrogens is 3. The zero-order valence-electron chi connectivity index (χ0n) is 12.4. The molecule has 0 saturated heterocycles. The standard InChI is InChI=1S/C15H9N3S3.Cu.N3/c1-4-10-16-11(5-1)20-13-7-3-9-15(18-13)21-14-8-2-6-12(17-14)19-10;;1-3-2/h1-9H;;/q;+1;-1. The number of nitrogens with zero attached hydrogens (tertiary/aromatic N) is 6. The second-order valence-electron chi connectivity index (χ2n) is 4.34. The summed E-state index contributed by atoms with van der Waals surface area (Å²) < 4.78 is 0. The van der Waals surface area contributed by atoms with Crippen LogP contribution in [0.5, 0.6) is 0 Å². The number of rotatable bonds is 0. The van der Waals surface area contributed by atoms with Crippen LogP contribution in [0, 0.1) is 0 Å². The monoisotopic (exact) mass is 432 g/mol. The summed E-state index contributed by atoms with van der Waals surface area (Å²) in [4.78, 5) is 15.5. The van der Waals surface area contributed by atoms with Crippen LogP contribution in [0.15, 0.2) is 84.8 Å². The zero-order valence-corrected chi connectivity index (χ0v) is 15.8. The predicted octanol–water partition coefficient (Wildman–Crippen LogP) is 5.50. The maximum atomic E-state index is 6.75. The third kappa shape index (κ3) is 5.67. The Labute approximate surface area is 167 Å². The third-order valence-corrected chi connectivity index (χ3v) is 5.34. The molecule has 0 atom stereocenters. The summed E-state index contributed by atoms with van der Waals surface area (Å²) in [6.45, 7) is 0. The molecule has 128 valence electrons. The number of hydrogen-bond donors (Lipinski definition) is 0. The van der Waals surface area contributed by atoms with E-state index in [0.717, 1.165) is 30.2 Å². The molecule has 10 heteroatoms. The van der Waals surface area contributed by atoms with Gasteiger partial charge in [0.25, 0.3) is 0 Å². The molecule has 0 aliphatic carbocycles. The van der Waals surface area contributed by atoms with Gasteiger partial charge in [-0.05, 0) is 36.4 Å². The van der Waals surface area contributed by atoms with Crippen LogP contribution in [0.1, 0.15) is 0 Å². The van der Waals surface area contributed by atoms with Gasteiger partial charge >= 0.3 is 17.1 Å². The van der Waals surface area contributed by atoms with Gasteiger partial charge < -0.3 is 11.1 Å². The van der Waals surface area contributed by atoms with Crippen molar-refractivity contribution < 1.29 is 17.1 Å². The molecule has 3 aromatic rings. The van der Waals surface area contributed by atoms with Crippen molar-refractivity contribution in [2.75, 3.05) is 0 Å². The van der Waals surface area contributed by atoms with E-state index in [1.807, 2.05) is 54.6 Å². The smallest absolute Gasteiger partial charge is 0.373 e. The fourth-order valence-electron chi connectivity index (χ4n) is 1.85. The van der Waals surface area contributed by atoms with E-state index in [2.05, 4.69) is 15.0 Å². The number of fused-ring (bicyclic) bond motifs is 6. The van der Waals surface area contributed by atoms with E-state index in [4.69, 9.17) is 11.1 Å². The van der Waals surface area contributed by atoms with Gasteiger partial charge in [0.15, 0.2) is 0 Å². The quantitative estimate of drug-likeness (QED) is 0.157. The van der Waals surface area contributed by atoms with Crippen molar-refractivity contribution in [3.8, 4) is 0 Å². The van der Waals surface area contributed by atoms with Crippen LogP contribution in [0.25, 0.3) is 16.0 Å². The molecule has 1 aliphatic heterocycles. The Bertz CT molecular complexity index is 742. The molecule has 0 unspecified atom stereocenters. The maximum Gasteiger partial charge on any atom is 1.00 e. The number of hydrogen-bond acceptors (Lipinski definition) is 6. The molecular formula is C15H9CuN6S3. The van der Waals surface area contributed by atoms with Gasteiger partial charge in [0, 0.05) is 0 Å². The molecule has 0 fully saturated rings. The van der Waals surface area contributed by atoms with Gasteiger partial charge in [-0.3, -0.25) is 4.91 Å². The van der Waals surface area contributed by atoms with Crippen LogP contribution in [-0.4, -0.2) is 15.0 Å². The van der Waals surface area contributed by atoms with E-state index >= 15 is 0 Å². The Morgan fingerprint density at radius 2 is 0.760 bits per heavy atom. The fraction of sp³-hybridized carbons (Fsp3) is 0. The maximum absolute atomic E-state index is 6.75. The molecule has 25 heavy (non-hydrogen) atoms. The Morgan fingerprint density at radius 1 is 0.560 bits per heavy atom. The molecule has 6 bridgehead atoms. The van der Waals surface area contributed by atoms with Gasteiger partial charge in [0.05, 0.1) is 0 Å². The van der Waals surface area contributed by atoms with Gasteiger partial charge in [0.1, 0.15) is 30.2 Å². The molecule has 4 heterocycles. The Hall–Kier alpha value is -1.67. The summed E-state index contributed by atoms with van der Waals surface area (Å²) in [6.07, 6.45) is 0. The summed E-state index contributed by atoms with van der Waals surface area (Å²) >= 11 is 4.75. The summed E-state index contributed by atoms with van der Waals surface area (Å²) in [5.41, 5.74) is 13.5. The Kier molecular flexibility index (Phi) is 7.64. The van der Waals surface area contributed by atoms with E-state index < -0.39 is 0 Å². The second kappa shape index (κ2) is 9.72. The van der Waals surface area contributed by atoms with E-state index in [-0.39, 0.29) is 17.1 Å². The van der Waals surface area contributed by atoms with Crippen molar-refractivity contribution in [1.82, 2.24) is 15.0 Å². The minimum absolute atomic E-state index is 0. The van der Waals surface area contributed by atoms with Gasteiger partial charge in [-0.15, -0.1) is 0 Å². The summed E-state index contributed by atoms with van der Waals surface area (Å²) in [6, 6.07) is 18.1.